The summed E-state index contributed by atoms with van der Waals surface area (Å²) in [6.07, 6.45) is 1.86. The Labute approximate surface area is 131 Å². The van der Waals surface area contributed by atoms with E-state index in [0.29, 0.717) is 26.1 Å². The van der Waals surface area contributed by atoms with Gasteiger partial charge in [0.1, 0.15) is 5.75 Å². The normalized spacial score (nSPS) is 18.2. The van der Waals surface area contributed by atoms with Gasteiger partial charge in [-0.15, -0.1) is 0 Å². The first-order valence-electron chi connectivity index (χ1n) is 7.74. The molecule has 1 fully saturated rings. The summed E-state index contributed by atoms with van der Waals surface area (Å²) in [5.41, 5.74) is 0. The maximum absolute atomic E-state index is 12.3. The van der Waals surface area contributed by atoms with Crippen LogP contribution in [0.25, 0.3) is 0 Å². The van der Waals surface area contributed by atoms with Crippen molar-refractivity contribution in [3.63, 3.8) is 0 Å². The Kier molecular flexibility index (Phi) is 5.81. The molecule has 2 rings (SSSR count). The largest absolute Gasteiger partial charge is 0.494 e. The van der Waals surface area contributed by atoms with Gasteiger partial charge in [-0.1, -0.05) is 18.2 Å². The van der Waals surface area contributed by atoms with Crippen LogP contribution in [-0.4, -0.2) is 55.4 Å². The first kappa shape index (κ1) is 16.3. The molecule has 0 aromatic heterocycles. The second-order valence-corrected chi connectivity index (χ2v) is 5.78. The van der Waals surface area contributed by atoms with Crippen molar-refractivity contribution in [2.24, 2.45) is 5.92 Å². The van der Waals surface area contributed by atoms with Crippen LogP contribution < -0.4 is 4.74 Å². The molecule has 2 amide bonds. The Hall–Kier alpha value is -2.04. The molecule has 1 aliphatic heterocycles. The predicted octanol–water partition coefficient (Wildman–Crippen LogP) is 1.78. The predicted molar refractivity (Wildman–Crippen MR) is 84.6 cm³/mol. The van der Waals surface area contributed by atoms with E-state index < -0.39 is 0 Å². The minimum atomic E-state index is -0.163. The van der Waals surface area contributed by atoms with Crippen LogP contribution >= 0.6 is 0 Å². The van der Waals surface area contributed by atoms with E-state index in [1.807, 2.05) is 30.3 Å². The second kappa shape index (κ2) is 7.82. The Morgan fingerprint density at radius 3 is 2.77 bits per heavy atom. The fourth-order valence-corrected chi connectivity index (χ4v) is 2.58. The van der Waals surface area contributed by atoms with Crippen molar-refractivity contribution in [3.8, 4) is 5.75 Å². The molecule has 0 N–H and O–H groups in total. The third-order valence-electron chi connectivity index (χ3n) is 4.04. The summed E-state index contributed by atoms with van der Waals surface area (Å²) in [4.78, 5) is 27.4. The minimum absolute atomic E-state index is 0.0606. The number of hydrogen-bond donors (Lipinski definition) is 0. The first-order valence-corrected chi connectivity index (χ1v) is 7.74. The average molecular weight is 304 g/mol. The number of piperidine rings is 1. The van der Waals surface area contributed by atoms with Crippen LogP contribution in [-0.2, 0) is 9.59 Å². The highest BCUT2D eigenvalue weighted by molar-refractivity contribution is 5.86. The van der Waals surface area contributed by atoms with Crippen LogP contribution in [0.1, 0.15) is 19.3 Å². The van der Waals surface area contributed by atoms with Crippen molar-refractivity contribution in [1.82, 2.24) is 9.80 Å². The quantitative estimate of drug-likeness (QED) is 0.753. The molecular weight excluding hydrogens is 280 g/mol. The molecule has 22 heavy (non-hydrogen) atoms. The van der Waals surface area contributed by atoms with Gasteiger partial charge in [0.25, 0.3) is 0 Å². The molecule has 0 saturated carbocycles. The maximum atomic E-state index is 12.3. The van der Waals surface area contributed by atoms with Gasteiger partial charge in [0.15, 0.2) is 0 Å². The molecule has 0 unspecified atom stereocenters. The third-order valence-corrected chi connectivity index (χ3v) is 4.04. The lowest BCUT2D eigenvalue weighted by Crippen LogP contribution is -2.43. The SMILES string of the molecule is CN1CC[C@@H](C(=O)N(C)CCCOc2ccccc2)CC1=O. The molecule has 120 valence electrons. The smallest absolute Gasteiger partial charge is 0.226 e. The zero-order valence-electron chi connectivity index (χ0n) is 13.3. The van der Waals surface area contributed by atoms with Gasteiger partial charge >= 0.3 is 0 Å². The number of likely N-dealkylation sites (tertiary alicyclic amines) is 1. The zero-order valence-corrected chi connectivity index (χ0v) is 13.3. The summed E-state index contributed by atoms with van der Waals surface area (Å²) in [7, 11) is 3.58. The van der Waals surface area contributed by atoms with Gasteiger partial charge in [0.2, 0.25) is 11.8 Å². The van der Waals surface area contributed by atoms with Gasteiger partial charge in [-0.3, -0.25) is 9.59 Å². The fraction of sp³-hybridized carbons (Fsp3) is 0.529. The highest BCUT2D eigenvalue weighted by atomic mass is 16.5. The van der Waals surface area contributed by atoms with Gasteiger partial charge in [-0.05, 0) is 25.0 Å². The standard InChI is InChI=1S/C17H24N2O3/c1-18-11-9-14(13-16(18)20)17(21)19(2)10-6-12-22-15-7-4-3-5-8-15/h3-5,7-8,14H,6,9-13H2,1-2H3/t14-/m1/s1. The van der Waals surface area contributed by atoms with Crippen molar-refractivity contribution in [2.45, 2.75) is 19.3 Å². The van der Waals surface area contributed by atoms with Crippen LogP contribution in [0.15, 0.2) is 30.3 Å². The summed E-state index contributed by atoms with van der Waals surface area (Å²) < 4.78 is 5.61. The van der Waals surface area contributed by atoms with Gasteiger partial charge in [-0.2, -0.15) is 0 Å². The van der Waals surface area contributed by atoms with E-state index in [4.69, 9.17) is 4.74 Å². The number of carbonyl (C=O) groups is 2. The fourth-order valence-electron chi connectivity index (χ4n) is 2.58. The zero-order chi connectivity index (χ0) is 15.9. The molecule has 1 aliphatic rings. The van der Waals surface area contributed by atoms with Gasteiger partial charge < -0.3 is 14.5 Å². The Bertz CT molecular complexity index is 504. The Morgan fingerprint density at radius 1 is 1.36 bits per heavy atom. The van der Waals surface area contributed by atoms with E-state index in [9.17, 15) is 9.59 Å². The molecule has 0 spiro atoms. The van der Waals surface area contributed by atoms with Crippen LogP contribution in [0, 0.1) is 5.92 Å². The maximum Gasteiger partial charge on any atom is 0.226 e. The van der Waals surface area contributed by atoms with Crippen LogP contribution in [0.2, 0.25) is 0 Å². The highest BCUT2D eigenvalue weighted by Gasteiger charge is 2.30. The molecule has 0 radical (unpaired) electrons. The molecule has 0 aliphatic carbocycles. The number of para-hydroxylation sites is 1. The number of hydrogen-bond acceptors (Lipinski definition) is 3. The van der Waals surface area contributed by atoms with E-state index in [1.54, 1.807) is 23.9 Å². The lowest BCUT2D eigenvalue weighted by molar-refractivity contribution is -0.143. The van der Waals surface area contributed by atoms with Gasteiger partial charge in [-0.25, -0.2) is 0 Å². The molecule has 1 atom stereocenters. The summed E-state index contributed by atoms with van der Waals surface area (Å²) in [6, 6.07) is 9.64. The Balaban J connectivity index is 1.69. The van der Waals surface area contributed by atoms with Crippen molar-refractivity contribution >= 4 is 11.8 Å². The van der Waals surface area contributed by atoms with Gasteiger partial charge in [0.05, 0.1) is 6.61 Å². The third kappa shape index (κ3) is 4.48. The van der Waals surface area contributed by atoms with Crippen molar-refractivity contribution in [2.75, 3.05) is 33.8 Å². The second-order valence-electron chi connectivity index (χ2n) is 5.78. The van der Waals surface area contributed by atoms with E-state index in [0.717, 1.165) is 18.6 Å². The van der Waals surface area contributed by atoms with Gasteiger partial charge in [0, 0.05) is 39.5 Å². The topological polar surface area (TPSA) is 49.9 Å². The van der Waals surface area contributed by atoms with Crippen LogP contribution in [0.3, 0.4) is 0 Å². The highest BCUT2D eigenvalue weighted by Crippen LogP contribution is 2.19. The molecular formula is C17H24N2O3. The molecule has 1 saturated heterocycles. The van der Waals surface area contributed by atoms with Crippen molar-refractivity contribution in [3.05, 3.63) is 30.3 Å². The lowest BCUT2D eigenvalue weighted by Gasteiger charge is -2.30. The van der Waals surface area contributed by atoms with E-state index in [-0.39, 0.29) is 17.7 Å². The van der Waals surface area contributed by atoms with Crippen LogP contribution in [0.4, 0.5) is 0 Å². The molecule has 5 heteroatoms. The van der Waals surface area contributed by atoms with E-state index in [2.05, 4.69) is 0 Å². The summed E-state index contributed by atoms with van der Waals surface area (Å²) in [5.74, 6) is 0.813. The molecule has 5 nitrogen and oxygen atoms in total. The summed E-state index contributed by atoms with van der Waals surface area (Å²) in [6.45, 7) is 1.89. The molecule has 0 bridgehead atoms. The van der Waals surface area contributed by atoms with Crippen molar-refractivity contribution in [1.29, 1.82) is 0 Å². The molecule has 1 aromatic rings. The van der Waals surface area contributed by atoms with E-state index >= 15 is 0 Å². The van der Waals surface area contributed by atoms with E-state index in [1.165, 1.54) is 0 Å². The number of carbonyl (C=O) groups excluding carboxylic acids is 2. The molecule has 1 heterocycles. The summed E-state index contributed by atoms with van der Waals surface area (Å²) in [5, 5.41) is 0. The molecule has 1 aromatic carbocycles. The summed E-state index contributed by atoms with van der Waals surface area (Å²) >= 11 is 0. The lowest BCUT2D eigenvalue weighted by atomic mass is 9.95. The number of ether oxygens (including phenoxy) is 1. The monoisotopic (exact) mass is 304 g/mol. The number of nitrogens with zero attached hydrogens (tertiary/aromatic N) is 2. The van der Waals surface area contributed by atoms with Crippen molar-refractivity contribution < 1.29 is 14.3 Å². The average Bonchev–Trinajstić information content (AvgIpc) is 2.54. The number of benzene rings is 1. The number of amides is 2. The first-order chi connectivity index (χ1) is 10.6. The Morgan fingerprint density at radius 2 is 2.09 bits per heavy atom. The minimum Gasteiger partial charge on any atom is -0.494 e. The van der Waals surface area contributed by atoms with Crippen LogP contribution in [0.5, 0.6) is 5.75 Å². The number of rotatable bonds is 6.